The number of nitrogens with zero attached hydrogens (tertiary/aromatic N) is 2. The summed E-state index contributed by atoms with van der Waals surface area (Å²) in [6, 6.07) is 12.8. The lowest BCUT2D eigenvalue weighted by molar-refractivity contribution is -0.124. The summed E-state index contributed by atoms with van der Waals surface area (Å²) < 4.78 is 22.9. The zero-order valence-corrected chi connectivity index (χ0v) is 30.0. The van der Waals surface area contributed by atoms with Crippen LogP contribution in [0.4, 0.5) is 0 Å². The second kappa shape index (κ2) is 19.2. The SMILES string of the molecule is COc1ccc(/C=C/C(=O)c2ccc(OCCCN3C(=O)/C=C/C(C)(C)C/C=C(\C)CC/C=C/3C)cc2)cc1OCCCN1CCOCC1. The second-order valence-electron chi connectivity index (χ2n) is 13.4. The molecule has 0 radical (unpaired) electrons. The predicted molar refractivity (Wildman–Crippen MR) is 196 cm³/mol. The summed E-state index contributed by atoms with van der Waals surface area (Å²) in [5, 5.41) is 0. The van der Waals surface area contributed by atoms with Crippen LogP contribution < -0.4 is 14.2 Å². The van der Waals surface area contributed by atoms with E-state index >= 15 is 0 Å². The van der Waals surface area contributed by atoms with E-state index in [2.05, 4.69) is 37.8 Å². The van der Waals surface area contributed by atoms with E-state index in [1.807, 2.05) is 48.2 Å². The van der Waals surface area contributed by atoms with Crippen LogP contribution in [0, 0.1) is 5.41 Å². The van der Waals surface area contributed by atoms with Gasteiger partial charge in [-0.15, -0.1) is 0 Å². The molecule has 264 valence electrons. The van der Waals surface area contributed by atoms with E-state index in [-0.39, 0.29) is 17.1 Å². The lowest BCUT2D eigenvalue weighted by Crippen LogP contribution is -2.37. The zero-order valence-electron chi connectivity index (χ0n) is 30.0. The van der Waals surface area contributed by atoms with Gasteiger partial charge in [-0.1, -0.05) is 49.8 Å². The van der Waals surface area contributed by atoms with Gasteiger partial charge in [-0.25, -0.2) is 0 Å². The highest BCUT2D eigenvalue weighted by atomic mass is 16.5. The zero-order chi connectivity index (χ0) is 35.1. The Balaban J connectivity index is 1.26. The number of allylic oxidation sites excluding steroid dienone is 6. The van der Waals surface area contributed by atoms with E-state index in [4.69, 9.17) is 18.9 Å². The van der Waals surface area contributed by atoms with Gasteiger partial charge in [-0.05, 0) is 99.4 Å². The molecule has 49 heavy (non-hydrogen) atoms. The van der Waals surface area contributed by atoms with Crippen LogP contribution >= 0.6 is 0 Å². The number of amides is 1. The molecule has 0 spiro atoms. The minimum atomic E-state index is -0.103. The largest absolute Gasteiger partial charge is 0.494 e. The summed E-state index contributed by atoms with van der Waals surface area (Å²) >= 11 is 0. The molecule has 0 saturated carbocycles. The van der Waals surface area contributed by atoms with Crippen LogP contribution in [0.2, 0.25) is 0 Å². The maximum atomic E-state index is 13.1. The number of hydrogen-bond donors (Lipinski definition) is 0. The first-order valence-corrected chi connectivity index (χ1v) is 17.5. The van der Waals surface area contributed by atoms with Gasteiger partial charge in [0.25, 0.3) is 0 Å². The van der Waals surface area contributed by atoms with E-state index in [9.17, 15) is 9.59 Å². The van der Waals surface area contributed by atoms with Crippen LogP contribution in [-0.4, -0.2) is 81.2 Å². The highest BCUT2D eigenvalue weighted by Crippen LogP contribution is 2.29. The number of morpholine rings is 1. The summed E-state index contributed by atoms with van der Waals surface area (Å²) in [5.41, 5.74) is 3.69. The highest BCUT2D eigenvalue weighted by molar-refractivity contribution is 6.06. The molecule has 0 unspecified atom stereocenters. The van der Waals surface area contributed by atoms with Crippen LogP contribution in [0.25, 0.3) is 6.08 Å². The fraction of sp³-hybridized carbons (Fsp3) is 0.463. The van der Waals surface area contributed by atoms with E-state index < -0.39 is 0 Å². The molecule has 0 N–H and O–H groups in total. The first-order valence-electron chi connectivity index (χ1n) is 17.5. The van der Waals surface area contributed by atoms with Crippen LogP contribution in [-0.2, 0) is 9.53 Å². The molecule has 0 bridgehead atoms. The summed E-state index contributed by atoms with van der Waals surface area (Å²) in [4.78, 5) is 30.3. The van der Waals surface area contributed by atoms with Gasteiger partial charge in [-0.3, -0.25) is 14.5 Å². The maximum absolute atomic E-state index is 13.1. The molecule has 0 aliphatic carbocycles. The summed E-state index contributed by atoms with van der Waals surface area (Å²) in [5.74, 6) is 1.90. The third-order valence-corrected chi connectivity index (χ3v) is 8.85. The molecule has 2 heterocycles. The van der Waals surface area contributed by atoms with Gasteiger partial charge in [-0.2, -0.15) is 0 Å². The quantitative estimate of drug-likeness (QED) is 0.0875. The number of carbonyl (C=O) groups excluding carboxylic acids is 2. The molecule has 2 aliphatic rings. The molecule has 1 fully saturated rings. The van der Waals surface area contributed by atoms with E-state index in [1.54, 1.807) is 37.5 Å². The van der Waals surface area contributed by atoms with Crippen molar-refractivity contribution in [1.82, 2.24) is 9.80 Å². The van der Waals surface area contributed by atoms with Crippen molar-refractivity contribution in [1.29, 1.82) is 0 Å². The third kappa shape index (κ3) is 12.7. The Labute approximate surface area is 293 Å². The molecule has 0 atom stereocenters. The topological polar surface area (TPSA) is 77.5 Å². The molecule has 1 amide bonds. The van der Waals surface area contributed by atoms with Crippen LogP contribution in [0.3, 0.4) is 0 Å². The van der Waals surface area contributed by atoms with Crippen molar-refractivity contribution in [2.24, 2.45) is 5.41 Å². The monoisotopic (exact) mass is 670 g/mol. The molecule has 2 aliphatic heterocycles. The fourth-order valence-corrected chi connectivity index (χ4v) is 5.67. The van der Waals surface area contributed by atoms with Gasteiger partial charge in [0.2, 0.25) is 5.91 Å². The number of benzene rings is 2. The highest BCUT2D eigenvalue weighted by Gasteiger charge is 2.18. The predicted octanol–water partition coefficient (Wildman–Crippen LogP) is 7.91. The van der Waals surface area contributed by atoms with Crippen molar-refractivity contribution in [3.63, 3.8) is 0 Å². The third-order valence-electron chi connectivity index (χ3n) is 8.85. The molecule has 8 heteroatoms. The minimum absolute atomic E-state index is 0.00288. The van der Waals surface area contributed by atoms with Gasteiger partial charge < -0.3 is 23.8 Å². The van der Waals surface area contributed by atoms with Gasteiger partial charge in [0.05, 0.1) is 33.5 Å². The Hall–Kier alpha value is -4.14. The first kappa shape index (κ1) is 37.7. The molecule has 0 aromatic heterocycles. The Morgan fingerprint density at radius 1 is 0.939 bits per heavy atom. The van der Waals surface area contributed by atoms with E-state index in [0.29, 0.717) is 49.0 Å². The molecular formula is C41H54N2O6. The van der Waals surface area contributed by atoms with Crippen molar-refractivity contribution < 1.29 is 28.5 Å². The molecule has 8 nitrogen and oxygen atoms in total. The number of rotatable bonds is 14. The van der Waals surface area contributed by atoms with E-state index in [1.165, 1.54) is 5.57 Å². The van der Waals surface area contributed by atoms with Crippen molar-refractivity contribution in [3.8, 4) is 17.2 Å². The van der Waals surface area contributed by atoms with Crippen LogP contribution in [0.15, 0.2) is 84.1 Å². The number of hydrogen-bond acceptors (Lipinski definition) is 7. The van der Waals surface area contributed by atoms with Crippen molar-refractivity contribution >= 4 is 17.8 Å². The molecule has 4 rings (SSSR count). The average molecular weight is 671 g/mol. The van der Waals surface area contributed by atoms with Gasteiger partial charge in [0.1, 0.15) is 5.75 Å². The van der Waals surface area contributed by atoms with E-state index in [0.717, 1.165) is 69.8 Å². The van der Waals surface area contributed by atoms with Gasteiger partial charge in [0, 0.05) is 43.5 Å². The van der Waals surface area contributed by atoms with Crippen molar-refractivity contribution in [2.75, 3.05) is 59.7 Å². The molecule has 2 aromatic rings. The Morgan fingerprint density at radius 2 is 1.67 bits per heavy atom. The van der Waals surface area contributed by atoms with Crippen molar-refractivity contribution in [3.05, 3.63) is 95.2 Å². The smallest absolute Gasteiger partial charge is 0.250 e. The average Bonchev–Trinajstić information content (AvgIpc) is 3.11. The number of methoxy groups -OCH3 is 1. The molecular weight excluding hydrogens is 616 g/mol. The number of carbonyl (C=O) groups is 2. The molecule has 2 aromatic carbocycles. The summed E-state index contributed by atoms with van der Waals surface area (Å²) in [6.45, 7) is 14.6. The summed E-state index contributed by atoms with van der Waals surface area (Å²) in [6.07, 6.45) is 15.9. The number of ether oxygens (including phenoxy) is 4. The molecule has 1 saturated heterocycles. The lowest BCUT2D eigenvalue weighted by atomic mass is 9.87. The maximum Gasteiger partial charge on any atom is 0.250 e. The number of ketones is 1. The fourth-order valence-electron chi connectivity index (χ4n) is 5.67. The van der Waals surface area contributed by atoms with Gasteiger partial charge >= 0.3 is 0 Å². The minimum Gasteiger partial charge on any atom is -0.494 e. The Kier molecular flexibility index (Phi) is 14.7. The second-order valence-corrected chi connectivity index (χ2v) is 13.4. The first-order chi connectivity index (χ1) is 23.6. The van der Waals surface area contributed by atoms with Crippen molar-refractivity contribution in [2.45, 2.75) is 59.8 Å². The normalized spacial score (nSPS) is 20.3. The lowest BCUT2D eigenvalue weighted by Gasteiger charge is -2.26. The van der Waals surface area contributed by atoms with Crippen LogP contribution in [0.1, 0.15) is 75.7 Å². The van der Waals surface area contributed by atoms with Gasteiger partial charge in [0.15, 0.2) is 17.3 Å². The summed E-state index contributed by atoms with van der Waals surface area (Å²) in [7, 11) is 1.62. The van der Waals surface area contributed by atoms with Crippen LogP contribution in [0.5, 0.6) is 17.2 Å². The Bertz CT molecular complexity index is 1500. The Morgan fingerprint density at radius 3 is 2.43 bits per heavy atom. The standard InChI is InChI=1S/C41H54N2O6/c1-32-9-6-10-33(2)43(40(45)20-22-41(3,4)21-19-32)24-8-27-48-36-15-13-35(14-16-36)37(44)17-11-34-12-18-38(46-5)39(31-34)49-28-7-23-42-25-29-47-30-26-42/h10-20,22,31H,6-9,21,23-30H2,1-5H3/b17-11+,22-20+,32-19+,33-10+.